The summed E-state index contributed by atoms with van der Waals surface area (Å²) < 4.78 is 75.2. The highest BCUT2D eigenvalue weighted by Crippen LogP contribution is 2.38. The van der Waals surface area contributed by atoms with Crippen molar-refractivity contribution in [2.75, 3.05) is 26.4 Å². The zero-order chi connectivity index (χ0) is 58.4. The van der Waals surface area contributed by atoms with E-state index >= 15 is 0 Å². The van der Waals surface area contributed by atoms with E-state index < -0.39 is 85.9 Å². The summed E-state index contributed by atoms with van der Waals surface area (Å²) in [5.41, 5.74) is 10.1. The van der Waals surface area contributed by atoms with Crippen LogP contribution in [-0.2, 0) is 78.5 Å². The van der Waals surface area contributed by atoms with Gasteiger partial charge in [-0.25, -0.2) is 14.4 Å². The van der Waals surface area contributed by atoms with Gasteiger partial charge < -0.3 is 57.8 Å². The number of ether oxygens (including phenoxy) is 11. The van der Waals surface area contributed by atoms with Gasteiger partial charge in [0.2, 0.25) is 0 Å². The van der Waals surface area contributed by atoms with E-state index in [1.165, 1.54) is 0 Å². The maximum absolute atomic E-state index is 14.6. The van der Waals surface area contributed by atoms with Gasteiger partial charge in [-0.05, 0) is 101 Å². The predicted octanol–water partition coefficient (Wildman–Crippen LogP) is 11.4. The Labute approximate surface area is 495 Å². The Hall–Kier alpha value is -7.93. The molecule has 8 aromatic rings. The summed E-state index contributed by atoms with van der Waals surface area (Å²) >= 11 is 0. The smallest absolute Gasteiger partial charge is 0.338 e. The van der Waals surface area contributed by atoms with E-state index in [9.17, 15) is 14.4 Å². The van der Waals surface area contributed by atoms with Crippen molar-refractivity contribution in [3.05, 3.63) is 263 Å². The van der Waals surface area contributed by atoms with Gasteiger partial charge in [-0.1, -0.05) is 182 Å². The topological polar surface area (TPSA) is 179 Å². The van der Waals surface area contributed by atoms with Crippen LogP contribution in [0.4, 0.5) is 0 Å². The molecule has 0 bridgehead atoms. The maximum Gasteiger partial charge on any atom is 0.338 e. The highest BCUT2D eigenvalue weighted by molar-refractivity contribution is 5.90. The number of carbonyl (C=O) groups is 3. The van der Waals surface area contributed by atoms with Crippen molar-refractivity contribution < 1.29 is 66.5 Å². The number of rotatable bonds is 28. The molecular weight excluding hydrogens is 1080 g/mol. The fraction of sp³-hybridized carbons (Fsp3) is 0.300. The Morgan fingerprint density at radius 3 is 1.44 bits per heavy atom. The number of unbranched alkanes of at least 4 members (excludes halogenated alkanes) is 2. The standard InChI is InChI=1S/C70H71NO14/c71-40-22-7-23-41-76-69-65(84-68(74)56-35-18-6-19-36-56)63(60(77-44-50-26-10-2-11-27-50)58(81-69)47-75-43-49-24-8-1-9-25-49)85-70-64(79-45-51-28-12-3-13-29-51)62(78-46-52-38-39-53-30-20-21-37-57(53)42-52)61(83-67(73)55-33-16-5-17-34-55)59(82-70)48-80-66(72)54-31-14-4-15-32-54/h1-6,8-21,24-39,42,58-65,69-70H,7,22-23,40-41,43-48,71H2. The number of esters is 3. The van der Waals surface area contributed by atoms with Crippen LogP contribution in [0.2, 0.25) is 0 Å². The normalized spacial score (nSPS) is 22.1. The van der Waals surface area contributed by atoms with Crippen LogP contribution in [0.3, 0.4) is 0 Å². The summed E-state index contributed by atoms with van der Waals surface area (Å²) in [6, 6.07) is 68.6. The van der Waals surface area contributed by atoms with E-state index in [1.807, 2.05) is 133 Å². The Balaban J connectivity index is 1.10. The molecule has 2 saturated heterocycles. The van der Waals surface area contributed by atoms with Crippen LogP contribution >= 0.6 is 0 Å². The van der Waals surface area contributed by atoms with Gasteiger partial charge in [0, 0.05) is 6.61 Å². The summed E-state index contributed by atoms with van der Waals surface area (Å²) in [6.07, 6.45) is -10.3. The van der Waals surface area contributed by atoms with Crippen molar-refractivity contribution in [2.45, 2.75) is 107 Å². The third-order valence-corrected chi connectivity index (χ3v) is 14.7. The second-order valence-electron chi connectivity index (χ2n) is 20.8. The van der Waals surface area contributed by atoms with Gasteiger partial charge in [-0.3, -0.25) is 0 Å². The third kappa shape index (κ3) is 16.9. The molecule has 2 heterocycles. The molecule has 0 saturated carbocycles. The predicted molar refractivity (Wildman–Crippen MR) is 318 cm³/mol. The van der Waals surface area contributed by atoms with Gasteiger partial charge >= 0.3 is 17.9 Å². The minimum absolute atomic E-state index is 0.00161. The lowest BCUT2D eigenvalue weighted by Gasteiger charge is -2.49. The summed E-state index contributed by atoms with van der Waals surface area (Å²) in [5, 5.41) is 2.02. The van der Waals surface area contributed by atoms with E-state index in [1.54, 1.807) is 91.0 Å². The van der Waals surface area contributed by atoms with E-state index in [2.05, 4.69) is 0 Å². The van der Waals surface area contributed by atoms with Gasteiger partial charge in [0.15, 0.2) is 24.8 Å². The van der Waals surface area contributed by atoms with Gasteiger partial charge in [-0.15, -0.1) is 0 Å². The summed E-state index contributed by atoms with van der Waals surface area (Å²) in [4.78, 5) is 43.1. The second kappa shape index (κ2) is 31.3. The first-order chi connectivity index (χ1) is 41.9. The van der Waals surface area contributed by atoms with Crippen molar-refractivity contribution in [3.8, 4) is 0 Å². The number of fused-ring (bicyclic) bond motifs is 1. The van der Waals surface area contributed by atoms with Gasteiger partial charge in [0.05, 0.1) is 49.7 Å². The van der Waals surface area contributed by atoms with Gasteiger partial charge in [0.1, 0.15) is 43.2 Å². The van der Waals surface area contributed by atoms with Crippen molar-refractivity contribution in [1.82, 2.24) is 0 Å². The minimum Gasteiger partial charge on any atom is -0.459 e. The lowest BCUT2D eigenvalue weighted by Crippen LogP contribution is -2.67. The number of hydrogen-bond acceptors (Lipinski definition) is 15. The molecule has 10 unspecified atom stereocenters. The second-order valence-corrected chi connectivity index (χ2v) is 20.8. The van der Waals surface area contributed by atoms with Crippen LogP contribution in [0.15, 0.2) is 224 Å². The third-order valence-electron chi connectivity index (χ3n) is 14.7. The van der Waals surface area contributed by atoms with Crippen LogP contribution < -0.4 is 5.73 Å². The fourth-order valence-electron chi connectivity index (χ4n) is 10.3. The zero-order valence-electron chi connectivity index (χ0n) is 47.2. The van der Waals surface area contributed by atoms with Crippen molar-refractivity contribution in [3.63, 3.8) is 0 Å². The Bertz CT molecular complexity index is 3290. The average Bonchev–Trinajstić information content (AvgIpc) is 3.28. The van der Waals surface area contributed by atoms with Gasteiger partial charge in [0.25, 0.3) is 0 Å². The molecule has 0 aromatic heterocycles. The number of hydrogen-bond donors (Lipinski definition) is 1. The molecule has 15 nitrogen and oxygen atoms in total. The van der Waals surface area contributed by atoms with E-state index in [4.69, 9.17) is 57.8 Å². The average molecular weight is 1150 g/mol. The summed E-state index contributed by atoms with van der Waals surface area (Å²) in [6.45, 7) is 0.569. The van der Waals surface area contributed by atoms with Crippen LogP contribution in [-0.4, -0.2) is 106 Å². The molecule has 0 spiro atoms. The molecular formula is C70H71NO14. The van der Waals surface area contributed by atoms with Crippen LogP contribution in [0.25, 0.3) is 10.8 Å². The first kappa shape index (κ1) is 60.2. The molecule has 0 radical (unpaired) electrons. The molecule has 15 heteroatoms. The molecule has 8 aromatic carbocycles. The molecule has 0 aliphatic carbocycles. The molecule has 10 atom stereocenters. The van der Waals surface area contributed by atoms with Crippen LogP contribution in [0, 0.1) is 0 Å². The molecule has 2 aliphatic heterocycles. The largest absolute Gasteiger partial charge is 0.459 e. The molecule has 85 heavy (non-hydrogen) atoms. The Kier molecular flexibility index (Phi) is 22.2. The van der Waals surface area contributed by atoms with Crippen LogP contribution in [0.1, 0.15) is 72.6 Å². The number of nitrogens with two attached hydrogens (primary N) is 1. The SMILES string of the molecule is NCCCCCOC1OC(COCc2ccccc2)C(OCc2ccccc2)C(OC2OC(COC(=O)c3ccccc3)C(OC(=O)c3ccccc3)C(OCc3ccc4ccccc4c3)C2OCc2ccccc2)C1OC(=O)c1ccccc1. The van der Waals surface area contributed by atoms with Crippen molar-refractivity contribution in [1.29, 1.82) is 0 Å². The van der Waals surface area contributed by atoms with E-state index in [0.717, 1.165) is 45.9 Å². The molecule has 2 fully saturated rings. The highest BCUT2D eigenvalue weighted by Gasteiger charge is 2.56. The summed E-state index contributed by atoms with van der Waals surface area (Å²) in [7, 11) is 0. The quantitative estimate of drug-likeness (QED) is 0.0278. The Morgan fingerprint density at radius 1 is 0.376 bits per heavy atom. The first-order valence-corrected chi connectivity index (χ1v) is 28.9. The zero-order valence-corrected chi connectivity index (χ0v) is 47.2. The van der Waals surface area contributed by atoms with Gasteiger partial charge in [-0.2, -0.15) is 0 Å². The van der Waals surface area contributed by atoms with Crippen LogP contribution in [0.5, 0.6) is 0 Å². The molecule has 2 aliphatic rings. The lowest BCUT2D eigenvalue weighted by molar-refractivity contribution is -0.370. The molecule has 2 N–H and O–H groups in total. The molecule has 10 rings (SSSR count). The number of benzene rings is 8. The van der Waals surface area contributed by atoms with E-state index in [-0.39, 0.29) is 56.3 Å². The maximum atomic E-state index is 14.6. The molecule has 440 valence electrons. The first-order valence-electron chi connectivity index (χ1n) is 28.9. The highest BCUT2D eigenvalue weighted by atomic mass is 16.8. The Morgan fingerprint density at radius 2 is 0.847 bits per heavy atom. The molecule has 0 amide bonds. The van der Waals surface area contributed by atoms with E-state index in [0.29, 0.717) is 13.0 Å². The van der Waals surface area contributed by atoms with Crippen molar-refractivity contribution in [2.24, 2.45) is 5.73 Å². The monoisotopic (exact) mass is 1150 g/mol. The summed E-state index contributed by atoms with van der Waals surface area (Å²) in [5.74, 6) is -2.02. The fourth-order valence-corrected chi connectivity index (χ4v) is 10.3. The number of carbonyl (C=O) groups excluding carboxylic acids is 3. The minimum atomic E-state index is -1.49. The van der Waals surface area contributed by atoms with Crippen molar-refractivity contribution >= 4 is 28.7 Å². The lowest BCUT2D eigenvalue weighted by atomic mass is 9.95.